The van der Waals surface area contributed by atoms with E-state index >= 15 is 0 Å². The molecule has 1 aliphatic carbocycles. The molecule has 11 aromatic rings. The van der Waals surface area contributed by atoms with E-state index in [1.165, 1.54) is 98.2 Å². The second kappa shape index (κ2) is 9.87. The summed E-state index contributed by atoms with van der Waals surface area (Å²) in [6.45, 7) is 4.74. The van der Waals surface area contributed by atoms with Crippen molar-refractivity contribution in [2.24, 2.45) is 0 Å². The van der Waals surface area contributed by atoms with Gasteiger partial charge in [-0.1, -0.05) is 141 Å². The van der Waals surface area contributed by atoms with Crippen LogP contribution in [0.3, 0.4) is 0 Å². The molecular formula is C51H32O. The maximum Gasteiger partial charge on any atom is 0.143 e. The fraction of sp³-hybridized carbons (Fsp3) is 0.0588. The molecule has 0 atom stereocenters. The van der Waals surface area contributed by atoms with Crippen LogP contribution < -0.4 is 0 Å². The summed E-state index contributed by atoms with van der Waals surface area (Å²) in [7, 11) is 0. The van der Waals surface area contributed by atoms with Gasteiger partial charge >= 0.3 is 0 Å². The van der Waals surface area contributed by atoms with E-state index in [0.717, 1.165) is 22.1 Å². The van der Waals surface area contributed by atoms with Crippen LogP contribution in [0.5, 0.6) is 0 Å². The molecule has 0 bridgehead atoms. The zero-order valence-electron chi connectivity index (χ0n) is 28.9. The van der Waals surface area contributed by atoms with Crippen LogP contribution in [-0.2, 0) is 5.41 Å². The molecule has 1 aromatic heterocycles. The summed E-state index contributed by atoms with van der Waals surface area (Å²) in [5.41, 5.74) is 11.9. The Hall–Kier alpha value is -6.44. The lowest BCUT2D eigenvalue weighted by Gasteiger charge is -2.22. The summed E-state index contributed by atoms with van der Waals surface area (Å²) >= 11 is 0. The normalized spacial score (nSPS) is 13.7. The van der Waals surface area contributed by atoms with Crippen LogP contribution in [0.4, 0.5) is 0 Å². The second-order valence-corrected chi connectivity index (χ2v) is 15.2. The Balaban J connectivity index is 1.20. The molecule has 0 saturated carbocycles. The van der Waals surface area contributed by atoms with Crippen molar-refractivity contribution < 1.29 is 4.42 Å². The summed E-state index contributed by atoms with van der Waals surface area (Å²) in [5.74, 6) is 0. The Labute approximate surface area is 300 Å². The number of fused-ring (bicyclic) bond motifs is 8. The van der Waals surface area contributed by atoms with Crippen LogP contribution in [0.2, 0.25) is 0 Å². The van der Waals surface area contributed by atoms with Gasteiger partial charge in [0, 0.05) is 21.8 Å². The van der Waals surface area contributed by atoms with Crippen molar-refractivity contribution in [2.45, 2.75) is 19.3 Å². The molecule has 10 aromatic carbocycles. The zero-order valence-corrected chi connectivity index (χ0v) is 28.9. The number of hydrogen-bond donors (Lipinski definition) is 0. The van der Waals surface area contributed by atoms with Gasteiger partial charge in [-0.05, 0) is 123 Å². The molecule has 12 rings (SSSR count). The molecule has 1 heteroatoms. The van der Waals surface area contributed by atoms with Crippen LogP contribution in [0.1, 0.15) is 25.0 Å². The minimum Gasteiger partial charge on any atom is -0.455 e. The Bertz CT molecular complexity index is 3300. The summed E-state index contributed by atoms with van der Waals surface area (Å²) in [5, 5.41) is 15.0. The molecule has 0 amide bonds. The fourth-order valence-electron chi connectivity index (χ4n) is 9.67. The molecular weight excluding hydrogens is 629 g/mol. The van der Waals surface area contributed by atoms with Gasteiger partial charge in [-0.2, -0.15) is 0 Å². The molecule has 0 saturated heterocycles. The molecule has 1 aliphatic rings. The van der Waals surface area contributed by atoms with E-state index < -0.39 is 0 Å². The first kappa shape index (κ1) is 28.3. The molecule has 1 nitrogen and oxygen atoms in total. The number of benzene rings is 10. The molecule has 0 fully saturated rings. The summed E-state index contributed by atoms with van der Waals surface area (Å²) in [6, 6.07) is 58.7. The highest BCUT2D eigenvalue weighted by molar-refractivity contribution is 6.28. The number of hydrogen-bond acceptors (Lipinski definition) is 1. The monoisotopic (exact) mass is 660 g/mol. The van der Waals surface area contributed by atoms with Crippen molar-refractivity contribution >= 4 is 75.8 Å². The van der Waals surface area contributed by atoms with Crippen molar-refractivity contribution in [3.05, 3.63) is 169 Å². The van der Waals surface area contributed by atoms with Crippen molar-refractivity contribution in [3.63, 3.8) is 0 Å². The summed E-state index contributed by atoms with van der Waals surface area (Å²) in [6.07, 6.45) is 0. The van der Waals surface area contributed by atoms with Gasteiger partial charge < -0.3 is 4.42 Å². The van der Waals surface area contributed by atoms with Gasteiger partial charge in [-0.15, -0.1) is 0 Å². The summed E-state index contributed by atoms with van der Waals surface area (Å²) in [4.78, 5) is 0. The largest absolute Gasteiger partial charge is 0.455 e. The molecule has 242 valence electrons. The highest BCUT2D eigenvalue weighted by Crippen LogP contribution is 2.55. The molecule has 0 radical (unpaired) electrons. The van der Waals surface area contributed by atoms with E-state index in [2.05, 4.69) is 172 Å². The van der Waals surface area contributed by atoms with Crippen molar-refractivity contribution in [1.29, 1.82) is 0 Å². The highest BCUT2D eigenvalue weighted by atomic mass is 16.3. The minimum atomic E-state index is -0.128. The molecule has 0 spiro atoms. The third-order valence-corrected chi connectivity index (χ3v) is 12.2. The van der Waals surface area contributed by atoms with Crippen LogP contribution in [0, 0.1) is 0 Å². The lowest BCUT2D eigenvalue weighted by Crippen LogP contribution is -2.14. The molecule has 52 heavy (non-hydrogen) atoms. The quantitative estimate of drug-likeness (QED) is 0.168. The average molecular weight is 661 g/mol. The SMILES string of the molecule is CC1(C)c2cc3ccccc3cc2-c2c(-c3ccc(-c4ccc5ccc6cccc7ccc4c5c67)c4c3oc3cc5ccccc5cc34)cccc21. The smallest absolute Gasteiger partial charge is 0.143 e. The standard InChI is InChI=1S/C51H32O/c1-51(2)43-16-8-15-37(48(43)41-25-32-9-3-5-11-34(32)27-44(41)51)40-24-23-39(49-42-26-33-10-4-6-12-35(33)28-45(42)52-50(40)49)36-21-19-31-18-17-29-13-7-14-30-20-22-38(36)47(31)46(29)30/h3-28H,1-2H3. The van der Waals surface area contributed by atoms with Gasteiger partial charge in [0.15, 0.2) is 0 Å². The van der Waals surface area contributed by atoms with Crippen molar-refractivity contribution in [3.8, 4) is 33.4 Å². The van der Waals surface area contributed by atoms with Gasteiger partial charge in [0.1, 0.15) is 11.2 Å². The van der Waals surface area contributed by atoms with E-state index in [-0.39, 0.29) is 5.41 Å². The van der Waals surface area contributed by atoms with Crippen LogP contribution in [-0.4, -0.2) is 0 Å². The van der Waals surface area contributed by atoms with Gasteiger partial charge in [0.2, 0.25) is 0 Å². The van der Waals surface area contributed by atoms with E-state index in [4.69, 9.17) is 4.42 Å². The lowest BCUT2D eigenvalue weighted by molar-refractivity contribution is 0.661. The van der Waals surface area contributed by atoms with Gasteiger partial charge in [-0.25, -0.2) is 0 Å². The maximum atomic E-state index is 7.10. The van der Waals surface area contributed by atoms with E-state index in [0.29, 0.717) is 0 Å². The summed E-state index contributed by atoms with van der Waals surface area (Å²) < 4.78 is 7.10. The van der Waals surface area contributed by atoms with Crippen LogP contribution >= 0.6 is 0 Å². The first-order valence-corrected chi connectivity index (χ1v) is 18.3. The van der Waals surface area contributed by atoms with Gasteiger partial charge in [-0.3, -0.25) is 0 Å². The fourth-order valence-corrected chi connectivity index (χ4v) is 9.67. The van der Waals surface area contributed by atoms with E-state index in [9.17, 15) is 0 Å². The molecule has 0 unspecified atom stereocenters. The first-order chi connectivity index (χ1) is 25.5. The van der Waals surface area contributed by atoms with E-state index in [1.54, 1.807) is 0 Å². The van der Waals surface area contributed by atoms with Crippen molar-refractivity contribution in [2.75, 3.05) is 0 Å². The Morgan fingerprint density at radius 3 is 1.75 bits per heavy atom. The maximum absolute atomic E-state index is 7.10. The van der Waals surface area contributed by atoms with Gasteiger partial charge in [0.05, 0.1) is 0 Å². The van der Waals surface area contributed by atoms with Crippen LogP contribution in [0.15, 0.2) is 162 Å². The van der Waals surface area contributed by atoms with E-state index in [1.807, 2.05) is 0 Å². The minimum absolute atomic E-state index is 0.128. The van der Waals surface area contributed by atoms with Gasteiger partial charge in [0.25, 0.3) is 0 Å². The predicted molar refractivity (Wildman–Crippen MR) is 221 cm³/mol. The molecule has 0 N–H and O–H groups in total. The van der Waals surface area contributed by atoms with Crippen molar-refractivity contribution in [1.82, 2.24) is 0 Å². The Kier molecular flexibility index (Phi) is 5.37. The average Bonchev–Trinajstić information content (AvgIpc) is 3.66. The second-order valence-electron chi connectivity index (χ2n) is 15.2. The lowest BCUT2D eigenvalue weighted by atomic mass is 9.81. The molecule has 0 aliphatic heterocycles. The predicted octanol–water partition coefficient (Wildman–Crippen LogP) is 14.4. The zero-order chi connectivity index (χ0) is 34.3. The Morgan fingerprint density at radius 1 is 0.365 bits per heavy atom. The highest BCUT2D eigenvalue weighted by Gasteiger charge is 2.37. The molecule has 1 heterocycles. The Morgan fingerprint density at radius 2 is 0.962 bits per heavy atom. The third-order valence-electron chi connectivity index (χ3n) is 12.2. The topological polar surface area (TPSA) is 13.1 Å². The first-order valence-electron chi connectivity index (χ1n) is 18.3. The number of rotatable bonds is 2. The third kappa shape index (κ3) is 3.62. The number of furan rings is 1. The van der Waals surface area contributed by atoms with Crippen LogP contribution in [0.25, 0.3) is 109 Å².